The molecular formula is C13H13N3O3S. The van der Waals surface area contributed by atoms with E-state index < -0.39 is 0 Å². The number of oxazole rings is 1. The minimum atomic E-state index is -0.304. The third kappa shape index (κ3) is 2.62. The van der Waals surface area contributed by atoms with E-state index in [9.17, 15) is 9.59 Å². The number of urea groups is 1. The maximum atomic E-state index is 11.4. The molecule has 1 fully saturated rings. The third-order valence-corrected chi connectivity index (χ3v) is 3.88. The number of carbonyl (C=O) groups is 2. The number of rotatable bonds is 5. The second-order valence-electron chi connectivity index (χ2n) is 4.35. The summed E-state index contributed by atoms with van der Waals surface area (Å²) in [5.41, 5.74) is 1.60. The van der Waals surface area contributed by atoms with Crippen LogP contribution in [0.5, 0.6) is 0 Å². The number of nitrogens with one attached hydrogen (secondary N) is 1. The molecular weight excluding hydrogens is 278 g/mol. The maximum absolute atomic E-state index is 11.4. The van der Waals surface area contributed by atoms with E-state index in [4.69, 9.17) is 4.42 Å². The maximum Gasteiger partial charge on any atom is 0.324 e. The van der Waals surface area contributed by atoms with Crippen molar-refractivity contribution in [2.24, 2.45) is 0 Å². The topological polar surface area (TPSA) is 75.4 Å². The largest absolute Gasteiger partial charge is 0.431 e. The summed E-state index contributed by atoms with van der Waals surface area (Å²) in [5.74, 6) is 0.575. The summed E-state index contributed by atoms with van der Waals surface area (Å²) in [6.45, 7) is 0.537. The Morgan fingerprint density at radius 2 is 2.20 bits per heavy atom. The van der Waals surface area contributed by atoms with Gasteiger partial charge in [-0.1, -0.05) is 23.9 Å². The second-order valence-corrected chi connectivity index (χ2v) is 5.40. The second kappa shape index (κ2) is 5.54. The van der Waals surface area contributed by atoms with Crippen LogP contribution in [-0.4, -0.2) is 40.7 Å². The number of nitrogens with zero attached hydrogens (tertiary/aromatic N) is 2. The Labute approximate surface area is 119 Å². The molecule has 7 heteroatoms. The molecule has 1 N–H and O–H groups in total. The lowest BCUT2D eigenvalue weighted by molar-refractivity contribution is -0.124. The van der Waals surface area contributed by atoms with E-state index in [1.807, 2.05) is 24.3 Å². The van der Waals surface area contributed by atoms with Crippen LogP contribution in [0.15, 0.2) is 33.9 Å². The molecule has 2 heterocycles. The summed E-state index contributed by atoms with van der Waals surface area (Å²) >= 11 is 1.48. The number of hydrogen-bond acceptors (Lipinski definition) is 5. The average Bonchev–Trinajstić information content (AvgIpc) is 2.99. The molecule has 3 amide bonds. The highest BCUT2D eigenvalue weighted by Crippen LogP contribution is 2.23. The number of imide groups is 1. The summed E-state index contributed by atoms with van der Waals surface area (Å²) in [4.78, 5) is 28.3. The molecule has 20 heavy (non-hydrogen) atoms. The van der Waals surface area contributed by atoms with E-state index in [2.05, 4.69) is 10.3 Å². The van der Waals surface area contributed by atoms with E-state index in [1.165, 1.54) is 16.7 Å². The van der Waals surface area contributed by atoms with Crippen molar-refractivity contribution in [3.63, 3.8) is 0 Å². The molecule has 3 rings (SSSR count). The molecule has 1 aromatic heterocycles. The summed E-state index contributed by atoms with van der Waals surface area (Å²) in [6.07, 6.45) is 0.711. The van der Waals surface area contributed by atoms with E-state index in [0.29, 0.717) is 18.2 Å². The zero-order valence-corrected chi connectivity index (χ0v) is 11.5. The molecule has 2 aromatic rings. The summed E-state index contributed by atoms with van der Waals surface area (Å²) in [5, 5.41) is 3.11. The van der Waals surface area contributed by atoms with Gasteiger partial charge in [-0.3, -0.25) is 9.69 Å². The van der Waals surface area contributed by atoms with Crippen LogP contribution in [-0.2, 0) is 4.79 Å². The molecule has 0 spiro atoms. The normalized spacial score (nSPS) is 15.1. The van der Waals surface area contributed by atoms with Crippen molar-refractivity contribution in [3.05, 3.63) is 24.3 Å². The van der Waals surface area contributed by atoms with Gasteiger partial charge in [0, 0.05) is 12.3 Å². The van der Waals surface area contributed by atoms with Gasteiger partial charge in [-0.05, 0) is 18.6 Å². The first-order chi connectivity index (χ1) is 9.74. The van der Waals surface area contributed by atoms with Crippen molar-refractivity contribution in [3.8, 4) is 0 Å². The van der Waals surface area contributed by atoms with Gasteiger partial charge < -0.3 is 9.73 Å². The number of hydrogen-bond donors (Lipinski definition) is 1. The van der Waals surface area contributed by atoms with E-state index in [0.717, 1.165) is 16.9 Å². The predicted molar refractivity (Wildman–Crippen MR) is 74.5 cm³/mol. The molecule has 0 bridgehead atoms. The SMILES string of the molecule is O=C1CNC(=O)N1CCCSc1nc2ccccc2o1. The van der Waals surface area contributed by atoms with Gasteiger partial charge in [0.2, 0.25) is 5.91 Å². The molecule has 0 unspecified atom stereocenters. The summed E-state index contributed by atoms with van der Waals surface area (Å²) in [7, 11) is 0. The Morgan fingerprint density at radius 1 is 1.35 bits per heavy atom. The van der Waals surface area contributed by atoms with Crippen LogP contribution >= 0.6 is 11.8 Å². The summed E-state index contributed by atoms with van der Waals surface area (Å²) < 4.78 is 5.57. The Hall–Kier alpha value is -2.02. The molecule has 6 nitrogen and oxygen atoms in total. The van der Waals surface area contributed by atoms with Gasteiger partial charge in [0.05, 0.1) is 6.54 Å². The number of para-hydroxylation sites is 2. The molecule has 0 aliphatic carbocycles. The van der Waals surface area contributed by atoms with Gasteiger partial charge in [-0.25, -0.2) is 9.78 Å². The average molecular weight is 291 g/mol. The molecule has 1 aromatic carbocycles. The van der Waals surface area contributed by atoms with Crippen LogP contribution in [0.3, 0.4) is 0 Å². The Bertz CT molecular complexity index is 606. The van der Waals surface area contributed by atoms with E-state index in [1.54, 1.807) is 0 Å². The number of amides is 3. The Kier molecular flexibility index (Phi) is 3.60. The molecule has 1 saturated heterocycles. The van der Waals surface area contributed by atoms with Gasteiger partial charge in [-0.15, -0.1) is 0 Å². The smallest absolute Gasteiger partial charge is 0.324 e. The lowest BCUT2D eigenvalue weighted by Crippen LogP contribution is -2.32. The first kappa shape index (κ1) is 13.0. The first-order valence-corrected chi connectivity index (χ1v) is 7.29. The predicted octanol–water partition coefficient (Wildman–Crippen LogP) is 1.86. The number of fused-ring (bicyclic) bond motifs is 1. The lowest BCUT2D eigenvalue weighted by atomic mass is 10.3. The van der Waals surface area contributed by atoms with Crippen LogP contribution in [0.25, 0.3) is 11.1 Å². The molecule has 1 aliphatic rings. The molecule has 104 valence electrons. The number of carbonyl (C=O) groups excluding carboxylic acids is 2. The van der Waals surface area contributed by atoms with Gasteiger partial charge >= 0.3 is 6.03 Å². The minimum Gasteiger partial charge on any atom is -0.431 e. The van der Waals surface area contributed by atoms with Crippen LogP contribution in [0.4, 0.5) is 4.79 Å². The third-order valence-electron chi connectivity index (χ3n) is 2.96. The van der Waals surface area contributed by atoms with Gasteiger partial charge in [0.15, 0.2) is 5.58 Å². The highest BCUT2D eigenvalue weighted by Gasteiger charge is 2.27. The van der Waals surface area contributed by atoms with Crippen molar-refractivity contribution < 1.29 is 14.0 Å². The number of thioether (sulfide) groups is 1. The zero-order valence-electron chi connectivity index (χ0n) is 10.7. The lowest BCUT2D eigenvalue weighted by Gasteiger charge is -2.10. The monoisotopic (exact) mass is 291 g/mol. The van der Waals surface area contributed by atoms with Crippen molar-refractivity contribution >= 4 is 34.8 Å². The number of aromatic nitrogens is 1. The van der Waals surface area contributed by atoms with Crippen molar-refractivity contribution in [1.29, 1.82) is 0 Å². The van der Waals surface area contributed by atoms with Gasteiger partial charge in [0.1, 0.15) is 5.52 Å². The van der Waals surface area contributed by atoms with Crippen LogP contribution in [0.1, 0.15) is 6.42 Å². The van der Waals surface area contributed by atoms with Crippen molar-refractivity contribution in [1.82, 2.24) is 15.2 Å². The standard InChI is InChI=1S/C13H13N3O3S/c17-11-8-14-12(18)16(11)6-3-7-20-13-15-9-4-1-2-5-10(9)19-13/h1-2,4-5H,3,6-8H2,(H,14,18). The quantitative estimate of drug-likeness (QED) is 0.517. The van der Waals surface area contributed by atoms with Crippen LogP contribution in [0, 0.1) is 0 Å². The van der Waals surface area contributed by atoms with Gasteiger partial charge in [0.25, 0.3) is 5.22 Å². The zero-order chi connectivity index (χ0) is 13.9. The van der Waals surface area contributed by atoms with Crippen molar-refractivity contribution in [2.75, 3.05) is 18.8 Å². The van der Waals surface area contributed by atoms with Gasteiger partial charge in [-0.2, -0.15) is 0 Å². The highest BCUT2D eigenvalue weighted by atomic mass is 32.2. The molecule has 0 saturated carbocycles. The minimum absolute atomic E-state index is 0.108. The Balaban J connectivity index is 1.50. The molecule has 0 radical (unpaired) electrons. The van der Waals surface area contributed by atoms with Crippen LogP contribution < -0.4 is 5.32 Å². The molecule has 0 atom stereocenters. The fourth-order valence-corrected chi connectivity index (χ4v) is 2.74. The van der Waals surface area contributed by atoms with E-state index in [-0.39, 0.29) is 18.5 Å². The summed E-state index contributed by atoms with van der Waals surface area (Å²) in [6, 6.07) is 7.29. The number of benzene rings is 1. The molecule has 1 aliphatic heterocycles. The van der Waals surface area contributed by atoms with Crippen LogP contribution in [0.2, 0.25) is 0 Å². The van der Waals surface area contributed by atoms with Crippen molar-refractivity contribution in [2.45, 2.75) is 11.6 Å². The Morgan fingerprint density at radius 3 is 2.95 bits per heavy atom. The highest BCUT2D eigenvalue weighted by molar-refractivity contribution is 7.99. The fourth-order valence-electron chi connectivity index (χ4n) is 1.98. The van der Waals surface area contributed by atoms with E-state index >= 15 is 0 Å². The first-order valence-electron chi connectivity index (χ1n) is 6.30. The fraction of sp³-hybridized carbons (Fsp3) is 0.308.